The fraction of sp³-hybridized carbons (Fsp3) is 0.235. The molecule has 7 nitrogen and oxygen atoms in total. The lowest BCUT2D eigenvalue weighted by Crippen LogP contribution is -2.34. The predicted octanol–water partition coefficient (Wildman–Crippen LogP) is 1.94. The second-order valence-corrected chi connectivity index (χ2v) is 5.91. The van der Waals surface area contributed by atoms with Crippen LogP contribution >= 0.6 is 11.3 Å². The van der Waals surface area contributed by atoms with Gasteiger partial charge in [0.25, 0.3) is 11.8 Å². The number of hydrogen-bond acceptors (Lipinski definition) is 7. The van der Waals surface area contributed by atoms with E-state index in [1.807, 2.05) is 13.0 Å². The monoisotopic (exact) mass is 363 g/mol. The highest BCUT2D eigenvalue weighted by Gasteiger charge is 2.14. The molecule has 0 spiro atoms. The third-order valence-corrected chi connectivity index (χ3v) is 3.90. The molecule has 1 N–H and O–H groups in total. The molecule has 0 fully saturated rings. The minimum atomic E-state index is -0.735. The average Bonchev–Trinajstić information content (AvgIpc) is 3.13. The highest BCUT2D eigenvalue weighted by Crippen LogP contribution is 2.27. The fourth-order valence-electron chi connectivity index (χ4n) is 1.85. The molecule has 1 heterocycles. The van der Waals surface area contributed by atoms with E-state index in [0.29, 0.717) is 16.4 Å². The van der Waals surface area contributed by atoms with E-state index in [2.05, 4.69) is 5.32 Å². The van der Waals surface area contributed by atoms with Gasteiger partial charge in [0.15, 0.2) is 24.7 Å². The van der Waals surface area contributed by atoms with E-state index < -0.39 is 24.4 Å². The number of benzene rings is 1. The van der Waals surface area contributed by atoms with E-state index in [0.717, 1.165) is 5.56 Å². The number of thiophene rings is 1. The molecule has 0 aliphatic rings. The Balaban J connectivity index is 1.75. The van der Waals surface area contributed by atoms with Gasteiger partial charge in [0.1, 0.15) is 0 Å². The van der Waals surface area contributed by atoms with Crippen LogP contribution in [0.2, 0.25) is 0 Å². The molecule has 132 valence electrons. The molecule has 2 aromatic rings. The summed E-state index contributed by atoms with van der Waals surface area (Å²) in [6, 6.07) is 8.54. The summed E-state index contributed by atoms with van der Waals surface area (Å²) in [6.45, 7) is 0.951. The summed E-state index contributed by atoms with van der Waals surface area (Å²) >= 11 is 1.20. The van der Waals surface area contributed by atoms with Crippen LogP contribution in [0.5, 0.6) is 11.5 Å². The molecule has 0 unspecified atom stereocenters. The lowest BCUT2D eigenvalue weighted by Gasteiger charge is -2.11. The number of rotatable bonds is 7. The van der Waals surface area contributed by atoms with Crippen molar-refractivity contribution in [3.05, 3.63) is 46.2 Å². The number of carbonyl (C=O) groups is 3. The Labute approximate surface area is 148 Å². The summed E-state index contributed by atoms with van der Waals surface area (Å²) in [5.74, 6) is -1.09. The number of carbonyl (C=O) groups excluding carboxylic acids is 3. The maximum Gasteiger partial charge on any atom is 0.344 e. The maximum absolute atomic E-state index is 11.7. The molecule has 1 aromatic heterocycles. The summed E-state index contributed by atoms with van der Waals surface area (Å²) in [5.41, 5.74) is 0.985. The van der Waals surface area contributed by atoms with Gasteiger partial charge in [0.2, 0.25) is 0 Å². The largest absolute Gasteiger partial charge is 0.493 e. The van der Waals surface area contributed by atoms with Crippen LogP contribution < -0.4 is 14.8 Å². The van der Waals surface area contributed by atoms with Gasteiger partial charge < -0.3 is 14.2 Å². The molecule has 0 atom stereocenters. The smallest absolute Gasteiger partial charge is 0.344 e. The Hall–Kier alpha value is -2.87. The zero-order valence-electron chi connectivity index (χ0n) is 13.7. The van der Waals surface area contributed by atoms with E-state index >= 15 is 0 Å². The zero-order valence-corrected chi connectivity index (χ0v) is 14.6. The Morgan fingerprint density at radius 2 is 1.92 bits per heavy atom. The molecule has 0 aliphatic carbocycles. The number of esters is 1. The maximum atomic E-state index is 11.7. The molecule has 2 amide bonds. The van der Waals surface area contributed by atoms with Gasteiger partial charge in [-0.15, -0.1) is 11.3 Å². The van der Waals surface area contributed by atoms with Crippen LogP contribution in [0.1, 0.15) is 15.2 Å². The van der Waals surface area contributed by atoms with Crippen LogP contribution in [0.25, 0.3) is 0 Å². The molecule has 0 aliphatic heterocycles. The van der Waals surface area contributed by atoms with Crippen LogP contribution in [0.15, 0.2) is 35.7 Å². The van der Waals surface area contributed by atoms with Crippen molar-refractivity contribution in [3.63, 3.8) is 0 Å². The molecular weight excluding hydrogens is 346 g/mol. The number of aryl methyl sites for hydroxylation is 1. The zero-order chi connectivity index (χ0) is 18.2. The van der Waals surface area contributed by atoms with Crippen molar-refractivity contribution in [1.82, 2.24) is 5.32 Å². The van der Waals surface area contributed by atoms with Gasteiger partial charge in [0, 0.05) is 0 Å². The number of imide groups is 1. The molecule has 0 bridgehead atoms. The van der Waals surface area contributed by atoms with Gasteiger partial charge in [-0.1, -0.05) is 12.1 Å². The van der Waals surface area contributed by atoms with Gasteiger partial charge in [-0.05, 0) is 36.1 Å². The first-order valence-electron chi connectivity index (χ1n) is 7.30. The molecule has 0 saturated carbocycles. The Bertz CT molecular complexity index is 757. The molecule has 8 heteroatoms. The topological polar surface area (TPSA) is 90.9 Å². The minimum Gasteiger partial charge on any atom is -0.493 e. The Morgan fingerprint density at radius 1 is 1.12 bits per heavy atom. The summed E-state index contributed by atoms with van der Waals surface area (Å²) in [4.78, 5) is 35.3. The van der Waals surface area contributed by atoms with E-state index in [1.165, 1.54) is 18.4 Å². The van der Waals surface area contributed by atoms with Crippen molar-refractivity contribution in [2.24, 2.45) is 0 Å². The van der Waals surface area contributed by atoms with E-state index in [1.54, 1.807) is 29.6 Å². The van der Waals surface area contributed by atoms with Gasteiger partial charge in [-0.3, -0.25) is 14.9 Å². The van der Waals surface area contributed by atoms with E-state index in [9.17, 15) is 14.4 Å². The number of ether oxygens (including phenoxy) is 3. The van der Waals surface area contributed by atoms with Gasteiger partial charge in [-0.2, -0.15) is 0 Å². The van der Waals surface area contributed by atoms with Crippen LogP contribution in [0.3, 0.4) is 0 Å². The molecule has 0 saturated heterocycles. The number of hydrogen-bond donors (Lipinski definition) is 1. The molecular formula is C17H17NO6S. The van der Waals surface area contributed by atoms with Crippen LogP contribution in [-0.4, -0.2) is 38.1 Å². The SMILES string of the molecule is COc1cc(C)ccc1OCC(=O)OCC(=O)NC(=O)c1cccs1. The van der Waals surface area contributed by atoms with Crippen molar-refractivity contribution in [1.29, 1.82) is 0 Å². The first-order valence-corrected chi connectivity index (χ1v) is 8.18. The highest BCUT2D eigenvalue weighted by molar-refractivity contribution is 7.12. The molecule has 25 heavy (non-hydrogen) atoms. The summed E-state index contributed by atoms with van der Waals surface area (Å²) in [7, 11) is 1.49. The fourth-order valence-corrected chi connectivity index (χ4v) is 2.47. The third-order valence-electron chi connectivity index (χ3n) is 3.03. The predicted molar refractivity (Wildman–Crippen MR) is 91.0 cm³/mol. The van der Waals surface area contributed by atoms with Crippen molar-refractivity contribution >= 4 is 29.1 Å². The van der Waals surface area contributed by atoms with E-state index in [4.69, 9.17) is 14.2 Å². The number of nitrogens with one attached hydrogen (secondary N) is 1. The molecule has 0 radical (unpaired) electrons. The van der Waals surface area contributed by atoms with Crippen molar-refractivity contribution in [2.75, 3.05) is 20.3 Å². The lowest BCUT2D eigenvalue weighted by molar-refractivity contribution is -0.150. The second-order valence-electron chi connectivity index (χ2n) is 4.96. The number of methoxy groups -OCH3 is 1. The summed E-state index contributed by atoms with van der Waals surface area (Å²) < 4.78 is 15.3. The van der Waals surface area contributed by atoms with Gasteiger partial charge in [-0.25, -0.2) is 4.79 Å². The lowest BCUT2D eigenvalue weighted by atomic mass is 10.2. The van der Waals surface area contributed by atoms with Crippen molar-refractivity contribution in [3.8, 4) is 11.5 Å². The van der Waals surface area contributed by atoms with Crippen molar-refractivity contribution < 1.29 is 28.6 Å². The average molecular weight is 363 g/mol. The summed E-state index contributed by atoms with van der Waals surface area (Å²) in [5, 5.41) is 3.85. The third kappa shape index (κ3) is 5.61. The minimum absolute atomic E-state index is 0.383. The molecule has 2 rings (SSSR count). The standard InChI is InChI=1S/C17H17NO6S/c1-11-5-6-12(13(8-11)22-2)23-10-16(20)24-9-15(19)18-17(21)14-4-3-7-25-14/h3-8H,9-10H2,1-2H3,(H,18,19,21). The quantitative estimate of drug-likeness (QED) is 0.756. The Kier molecular flexibility index (Phi) is 6.53. The first-order chi connectivity index (χ1) is 12.0. The van der Waals surface area contributed by atoms with Crippen molar-refractivity contribution in [2.45, 2.75) is 6.92 Å². The summed E-state index contributed by atoms with van der Waals surface area (Å²) in [6.07, 6.45) is 0. The van der Waals surface area contributed by atoms with Gasteiger partial charge in [0.05, 0.1) is 12.0 Å². The van der Waals surface area contributed by atoms with Crippen LogP contribution in [0.4, 0.5) is 0 Å². The Morgan fingerprint density at radius 3 is 2.60 bits per heavy atom. The van der Waals surface area contributed by atoms with Crippen LogP contribution in [-0.2, 0) is 14.3 Å². The molecule has 1 aromatic carbocycles. The van der Waals surface area contributed by atoms with Crippen LogP contribution in [0, 0.1) is 6.92 Å². The van der Waals surface area contributed by atoms with E-state index in [-0.39, 0.29) is 6.61 Å². The normalized spacial score (nSPS) is 10.0. The highest BCUT2D eigenvalue weighted by atomic mass is 32.1. The second kappa shape index (κ2) is 8.84. The van der Waals surface area contributed by atoms with Gasteiger partial charge >= 0.3 is 5.97 Å². The first kappa shape index (κ1) is 18.5. The number of amides is 2.